The van der Waals surface area contributed by atoms with Crippen molar-refractivity contribution < 1.29 is 4.79 Å². The minimum atomic E-state index is -0.150. The van der Waals surface area contributed by atoms with Gasteiger partial charge >= 0.3 is 0 Å². The van der Waals surface area contributed by atoms with Gasteiger partial charge in [0, 0.05) is 18.1 Å². The molecule has 0 bridgehead atoms. The Morgan fingerprint density at radius 2 is 2.23 bits per heavy atom. The fraction of sp³-hybridized carbons (Fsp3) is 0.267. The molecular weight excluding hydrogens is 298 g/mol. The number of nitrogens with one attached hydrogen (secondary N) is 3. The fourth-order valence-corrected chi connectivity index (χ4v) is 2.62. The molecule has 0 fully saturated rings. The van der Waals surface area contributed by atoms with E-state index in [4.69, 9.17) is 0 Å². The minimum absolute atomic E-state index is 0.137. The summed E-state index contributed by atoms with van der Waals surface area (Å²) >= 11 is 1.70. The van der Waals surface area contributed by atoms with Gasteiger partial charge in [-0.3, -0.25) is 14.8 Å². The van der Waals surface area contributed by atoms with Crippen LogP contribution in [0.25, 0.3) is 0 Å². The van der Waals surface area contributed by atoms with Gasteiger partial charge in [0.15, 0.2) is 5.96 Å². The first kappa shape index (κ1) is 16.0. The second kappa shape index (κ2) is 8.14. The van der Waals surface area contributed by atoms with Crippen molar-refractivity contribution in [3.8, 4) is 0 Å². The number of hydrogen-bond acceptors (Lipinski definition) is 4. The molecular formula is C15H19N5OS. The van der Waals surface area contributed by atoms with Gasteiger partial charge in [-0.15, -0.1) is 11.3 Å². The number of thiophene rings is 1. The largest absolute Gasteiger partial charge is 0.352 e. The Balaban J connectivity index is 1.76. The summed E-state index contributed by atoms with van der Waals surface area (Å²) in [5, 5.41) is 11.0. The van der Waals surface area contributed by atoms with Crippen LogP contribution in [0.1, 0.15) is 10.4 Å². The molecule has 0 unspecified atom stereocenters. The number of guanidine groups is 1. The average Bonchev–Trinajstić information content (AvgIpc) is 2.94. The average molecular weight is 317 g/mol. The molecule has 2 rings (SSSR count). The number of rotatable bonds is 5. The molecule has 116 valence electrons. The predicted octanol–water partition coefficient (Wildman–Crippen LogP) is 1.76. The summed E-state index contributed by atoms with van der Waals surface area (Å²) in [6.45, 7) is 2.90. The number of pyridine rings is 1. The van der Waals surface area contributed by atoms with Gasteiger partial charge in [-0.25, -0.2) is 0 Å². The van der Waals surface area contributed by atoms with Gasteiger partial charge in [0.2, 0.25) is 5.91 Å². The molecule has 0 aliphatic rings. The van der Waals surface area contributed by atoms with Crippen LogP contribution in [0, 0.1) is 6.92 Å². The van der Waals surface area contributed by atoms with E-state index in [1.807, 2.05) is 0 Å². The summed E-state index contributed by atoms with van der Waals surface area (Å²) in [6, 6.07) is 5.64. The Labute approximate surface area is 133 Å². The lowest BCUT2D eigenvalue weighted by molar-refractivity contribution is -0.115. The number of carbonyl (C=O) groups is 1. The molecule has 0 spiro atoms. The second-order valence-electron chi connectivity index (χ2n) is 4.60. The molecule has 2 aromatic heterocycles. The minimum Gasteiger partial charge on any atom is -0.352 e. The lowest BCUT2D eigenvalue weighted by atomic mass is 10.3. The summed E-state index contributed by atoms with van der Waals surface area (Å²) in [5.41, 5.74) is 1.92. The summed E-state index contributed by atoms with van der Waals surface area (Å²) in [6.07, 6.45) is 3.26. The number of aromatic nitrogens is 1. The molecule has 0 saturated heterocycles. The standard InChI is InChI=1S/C15H19N5OS/c1-11-5-7-22-13(11)9-18-15(16-2)19-10-14(21)20-12-4-3-6-17-8-12/h3-8H,9-10H2,1-2H3,(H,20,21)(H2,16,18,19). The van der Waals surface area contributed by atoms with Crippen LogP contribution in [0.3, 0.4) is 0 Å². The molecule has 0 aliphatic carbocycles. The first-order valence-corrected chi connectivity index (χ1v) is 7.74. The maximum Gasteiger partial charge on any atom is 0.243 e. The van der Waals surface area contributed by atoms with Crippen LogP contribution in [0.2, 0.25) is 0 Å². The zero-order chi connectivity index (χ0) is 15.8. The highest BCUT2D eigenvalue weighted by molar-refractivity contribution is 7.10. The van der Waals surface area contributed by atoms with E-state index in [1.165, 1.54) is 10.4 Å². The smallest absolute Gasteiger partial charge is 0.243 e. The number of carbonyl (C=O) groups excluding carboxylic acids is 1. The van der Waals surface area contributed by atoms with E-state index in [1.54, 1.807) is 42.9 Å². The van der Waals surface area contributed by atoms with Gasteiger partial charge in [-0.1, -0.05) is 0 Å². The molecule has 0 saturated carbocycles. The molecule has 7 heteroatoms. The second-order valence-corrected chi connectivity index (χ2v) is 5.60. The molecule has 0 atom stereocenters. The van der Waals surface area contributed by atoms with Crippen LogP contribution >= 0.6 is 11.3 Å². The van der Waals surface area contributed by atoms with Gasteiger partial charge in [-0.2, -0.15) is 0 Å². The number of aliphatic imine (C=N–C) groups is 1. The van der Waals surface area contributed by atoms with Crippen molar-refractivity contribution in [1.82, 2.24) is 15.6 Å². The van der Waals surface area contributed by atoms with E-state index in [0.717, 1.165) is 0 Å². The third-order valence-electron chi connectivity index (χ3n) is 2.97. The highest BCUT2D eigenvalue weighted by Crippen LogP contribution is 2.14. The zero-order valence-electron chi connectivity index (χ0n) is 12.6. The number of anilines is 1. The molecule has 2 aromatic rings. The maximum absolute atomic E-state index is 11.8. The van der Waals surface area contributed by atoms with E-state index >= 15 is 0 Å². The van der Waals surface area contributed by atoms with Crippen molar-refractivity contribution in [1.29, 1.82) is 0 Å². The SMILES string of the molecule is CN=C(NCC(=O)Nc1cccnc1)NCc1sccc1C. The van der Waals surface area contributed by atoms with Crippen LogP contribution in [-0.2, 0) is 11.3 Å². The Bertz CT molecular complexity index is 638. The highest BCUT2D eigenvalue weighted by Gasteiger charge is 2.05. The van der Waals surface area contributed by atoms with Crippen LogP contribution < -0.4 is 16.0 Å². The van der Waals surface area contributed by atoms with Gasteiger partial charge < -0.3 is 16.0 Å². The van der Waals surface area contributed by atoms with Crippen LogP contribution in [0.15, 0.2) is 41.0 Å². The molecule has 0 radical (unpaired) electrons. The topological polar surface area (TPSA) is 78.4 Å². The van der Waals surface area contributed by atoms with Crippen LogP contribution in [0.5, 0.6) is 0 Å². The number of amides is 1. The third-order valence-corrected chi connectivity index (χ3v) is 3.99. The van der Waals surface area contributed by atoms with Gasteiger partial charge in [0.05, 0.1) is 25.0 Å². The lowest BCUT2D eigenvalue weighted by Crippen LogP contribution is -2.41. The summed E-state index contributed by atoms with van der Waals surface area (Å²) in [5.74, 6) is 0.442. The fourth-order valence-electron chi connectivity index (χ4n) is 1.78. The Hall–Kier alpha value is -2.41. The van der Waals surface area contributed by atoms with Crippen molar-refractivity contribution >= 4 is 28.9 Å². The maximum atomic E-state index is 11.8. The quantitative estimate of drug-likeness (QED) is 0.580. The molecule has 22 heavy (non-hydrogen) atoms. The van der Waals surface area contributed by atoms with E-state index in [9.17, 15) is 4.79 Å². The van der Waals surface area contributed by atoms with Gasteiger partial charge in [0.1, 0.15) is 0 Å². The van der Waals surface area contributed by atoms with Crippen LogP contribution in [-0.4, -0.2) is 30.4 Å². The Morgan fingerprint density at radius 3 is 2.86 bits per heavy atom. The van der Waals surface area contributed by atoms with E-state index in [0.29, 0.717) is 18.2 Å². The highest BCUT2D eigenvalue weighted by atomic mass is 32.1. The monoisotopic (exact) mass is 317 g/mol. The molecule has 0 aliphatic heterocycles. The predicted molar refractivity (Wildman–Crippen MR) is 90.1 cm³/mol. The zero-order valence-corrected chi connectivity index (χ0v) is 13.4. The van der Waals surface area contributed by atoms with Crippen molar-refractivity contribution in [2.75, 3.05) is 18.9 Å². The van der Waals surface area contributed by atoms with E-state index in [2.05, 4.69) is 44.3 Å². The Morgan fingerprint density at radius 1 is 1.36 bits per heavy atom. The number of nitrogens with zero attached hydrogens (tertiary/aromatic N) is 2. The molecule has 0 aromatic carbocycles. The summed E-state index contributed by atoms with van der Waals surface area (Å²) in [7, 11) is 1.68. The van der Waals surface area contributed by atoms with Crippen molar-refractivity contribution in [2.45, 2.75) is 13.5 Å². The normalized spacial score (nSPS) is 11.1. The van der Waals surface area contributed by atoms with E-state index in [-0.39, 0.29) is 12.5 Å². The van der Waals surface area contributed by atoms with Crippen molar-refractivity contribution in [3.05, 3.63) is 46.4 Å². The van der Waals surface area contributed by atoms with Gasteiger partial charge in [-0.05, 0) is 36.1 Å². The molecule has 3 N–H and O–H groups in total. The first-order valence-electron chi connectivity index (χ1n) is 6.86. The molecule has 1 amide bonds. The number of aryl methyl sites for hydroxylation is 1. The summed E-state index contributed by atoms with van der Waals surface area (Å²) in [4.78, 5) is 21.1. The van der Waals surface area contributed by atoms with Gasteiger partial charge in [0.25, 0.3) is 0 Å². The lowest BCUT2D eigenvalue weighted by Gasteiger charge is -2.11. The van der Waals surface area contributed by atoms with Crippen LogP contribution in [0.4, 0.5) is 5.69 Å². The summed E-state index contributed by atoms with van der Waals surface area (Å²) < 4.78 is 0. The number of hydrogen-bond donors (Lipinski definition) is 3. The third kappa shape index (κ3) is 4.85. The molecule has 2 heterocycles. The first-order chi connectivity index (χ1) is 10.7. The van der Waals surface area contributed by atoms with Crippen molar-refractivity contribution in [2.24, 2.45) is 4.99 Å². The van der Waals surface area contributed by atoms with E-state index < -0.39 is 0 Å². The Kier molecular flexibility index (Phi) is 5.91. The van der Waals surface area contributed by atoms with Crippen molar-refractivity contribution in [3.63, 3.8) is 0 Å². The molecule has 6 nitrogen and oxygen atoms in total.